The van der Waals surface area contributed by atoms with Crippen molar-refractivity contribution in [3.05, 3.63) is 22.2 Å². The van der Waals surface area contributed by atoms with Crippen molar-refractivity contribution in [2.24, 2.45) is 0 Å². The Balaban J connectivity index is 0.00000200. The molecule has 3 atom stereocenters. The smallest absolute Gasteiger partial charge is 1.00 e. The van der Waals surface area contributed by atoms with Gasteiger partial charge in [-0.3, -0.25) is 4.57 Å². The van der Waals surface area contributed by atoms with Gasteiger partial charge in [-0.15, -0.1) is 0 Å². The Kier molecular flexibility index (Phi) is 5.68. The van der Waals surface area contributed by atoms with E-state index in [1.165, 1.54) is 0 Å². The number of nitrogen functional groups attached to an aromatic ring is 1. The monoisotopic (exact) mass is 295 g/mol. The molecule has 1 aliphatic rings. The SMILES string of the molecule is Nc1nc(=O)n([C@H]2C[C@H](O)[C@@H](CO)O2)cc1C(=O)O.[H-].[Na+]. The van der Waals surface area contributed by atoms with Crippen molar-refractivity contribution in [3.63, 3.8) is 0 Å². The second-order valence-corrected chi connectivity index (χ2v) is 4.15. The quantitative estimate of drug-likeness (QED) is 0.406. The number of aliphatic hydroxyl groups is 2. The molecule has 2 rings (SSSR count). The van der Waals surface area contributed by atoms with E-state index < -0.39 is 36.7 Å². The summed E-state index contributed by atoms with van der Waals surface area (Å²) in [6.07, 6.45) is -1.57. The van der Waals surface area contributed by atoms with Crippen LogP contribution in [-0.2, 0) is 4.74 Å². The summed E-state index contributed by atoms with van der Waals surface area (Å²) >= 11 is 0. The molecule has 0 saturated carbocycles. The van der Waals surface area contributed by atoms with Crippen LogP contribution in [0, 0.1) is 0 Å². The zero-order chi connectivity index (χ0) is 14.2. The van der Waals surface area contributed by atoms with Gasteiger partial charge in [0, 0.05) is 12.6 Å². The average molecular weight is 295 g/mol. The maximum Gasteiger partial charge on any atom is 1.00 e. The molecule has 0 spiro atoms. The molecule has 0 aliphatic carbocycles. The first-order valence-corrected chi connectivity index (χ1v) is 5.50. The maximum atomic E-state index is 11.7. The number of nitrogens with zero attached hydrogens (tertiary/aromatic N) is 2. The van der Waals surface area contributed by atoms with E-state index in [0.29, 0.717) is 0 Å². The Labute approximate surface area is 136 Å². The molecule has 10 heteroatoms. The van der Waals surface area contributed by atoms with Gasteiger partial charge in [-0.25, -0.2) is 9.59 Å². The Morgan fingerprint density at radius 3 is 2.80 bits per heavy atom. The fourth-order valence-electron chi connectivity index (χ4n) is 1.90. The standard InChI is InChI=1S/C10H13N3O6.Na.H/c11-8-4(9(16)17)2-13(10(18)12-8)7-1-5(15)6(3-14)19-7;;/h2,5-7,14-15H,1,3H2,(H,16,17)(H2,11,12,18);;/q;+1;-1/t5-,6+,7+;;/m0../s1. The number of nitrogens with two attached hydrogens (primary N) is 1. The van der Waals surface area contributed by atoms with Gasteiger partial charge in [0.05, 0.1) is 12.7 Å². The van der Waals surface area contributed by atoms with Crippen molar-refractivity contribution in [3.8, 4) is 0 Å². The van der Waals surface area contributed by atoms with Crippen LogP contribution in [0.25, 0.3) is 0 Å². The minimum Gasteiger partial charge on any atom is -1.00 e. The van der Waals surface area contributed by atoms with Crippen LogP contribution in [0.3, 0.4) is 0 Å². The number of anilines is 1. The first-order valence-electron chi connectivity index (χ1n) is 5.50. The van der Waals surface area contributed by atoms with Crippen molar-refractivity contribution in [2.75, 3.05) is 12.3 Å². The second-order valence-electron chi connectivity index (χ2n) is 4.15. The third-order valence-electron chi connectivity index (χ3n) is 2.91. The zero-order valence-corrected chi connectivity index (χ0v) is 12.8. The molecule has 0 radical (unpaired) electrons. The van der Waals surface area contributed by atoms with Gasteiger partial charge < -0.3 is 27.2 Å². The van der Waals surface area contributed by atoms with Crippen LogP contribution in [0.1, 0.15) is 24.4 Å². The average Bonchev–Trinajstić information content (AvgIpc) is 2.69. The number of hydrogen-bond donors (Lipinski definition) is 4. The number of ether oxygens (including phenoxy) is 1. The van der Waals surface area contributed by atoms with Crippen LogP contribution in [0.15, 0.2) is 11.0 Å². The molecule has 1 saturated heterocycles. The van der Waals surface area contributed by atoms with Crippen molar-refractivity contribution < 1.29 is 55.8 Å². The molecule has 0 unspecified atom stereocenters. The van der Waals surface area contributed by atoms with Gasteiger partial charge in [-0.2, -0.15) is 4.98 Å². The van der Waals surface area contributed by atoms with E-state index in [2.05, 4.69) is 4.98 Å². The molecule has 20 heavy (non-hydrogen) atoms. The third-order valence-corrected chi connectivity index (χ3v) is 2.91. The summed E-state index contributed by atoms with van der Waals surface area (Å²) in [4.78, 5) is 26.0. The first-order chi connectivity index (χ1) is 8.93. The summed E-state index contributed by atoms with van der Waals surface area (Å²) < 4.78 is 6.20. The third kappa shape index (κ3) is 3.19. The van der Waals surface area contributed by atoms with Gasteiger partial charge in [0.15, 0.2) is 0 Å². The van der Waals surface area contributed by atoms with Gasteiger partial charge >= 0.3 is 41.2 Å². The normalized spacial score (nSPS) is 25.2. The minimum absolute atomic E-state index is 0. The summed E-state index contributed by atoms with van der Waals surface area (Å²) in [7, 11) is 0. The van der Waals surface area contributed by atoms with Gasteiger partial charge in [0.25, 0.3) is 0 Å². The molecule has 1 aliphatic heterocycles. The molecule has 1 fully saturated rings. The maximum absolute atomic E-state index is 11.7. The molecular formula is C10H14N3NaO6. The number of rotatable bonds is 3. The summed E-state index contributed by atoms with van der Waals surface area (Å²) in [5, 5.41) is 27.4. The van der Waals surface area contributed by atoms with Crippen LogP contribution in [0.5, 0.6) is 0 Å². The van der Waals surface area contributed by atoms with Crippen molar-refractivity contribution >= 4 is 11.8 Å². The zero-order valence-electron chi connectivity index (χ0n) is 11.8. The summed E-state index contributed by atoms with van der Waals surface area (Å²) in [5.74, 6) is -1.71. The van der Waals surface area contributed by atoms with Crippen LogP contribution >= 0.6 is 0 Å². The predicted molar refractivity (Wildman–Crippen MR) is 62.6 cm³/mol. The van der Waals surface area contributed by atoms with E-state index in [4.69, 9.17) is 20.7 Å². The first kappa shape index (κ1) is 17.1. The van der Waals surface area contributed by atoms with Crippen LogP contribution in [0.2, 0.25) is 0 Å². The van der Waals surface area contributed by atoms with E-state index in [1.54, 1.807) is 0 Å². The molecule has 0 amide bonds. The van der Waals surface area contributed by atoms with E-state index in [1.807, 2.05) is 0 Å². The van der Waals surface area contributed by atoms with Crippen molar-refractivity contribution in [1.29, 1.82) is 0 Å². The molecule has 9 nitrogen and oxygen atoms in total. The molecule has 2 heterocycles. The Bertz CT molecular complexity index is 568. The molecule has 5 N–H and O–H groups in total. The number of carboxylic acids is 1. The van der Waals surface area contributed by atoms with Crippen molar-refractivity contribution in [2.45, 2.75) is 24.9 Å². The molecule has 0 aromatic carbocycles. The van der Waals surface area contributed by atoms with E-state index in [-0.39, 0.29) is 48.8 Å². The fourth-order valence-corrected chi connectivity index (χ4v) is 1.90. The van der Waals surface area contributed by atoms with Crippen LogP contribution in [-0.4, -0.2) is 49.7 Å². The van der Waals surface area contributed by atoms with E-state index >= 15 is 0 Å². The van der Waals surface area contributed by atoms with Crippen molar-refractivity contribution in [1.82, 2.24) is 9.55 Å². The summed E-state index contributed by atoms with van der Waals surface area (Å²) in [6.45, 7) is -0.402. The number of hydrogen-bond acceptors (Lipinski definition) is 7. The molecule has 0 bridgehead atoms. The largest absolute Gasteiger partial charge is 1.00 e. The number of carbonyl (C=O) groups is 1. The molecule has 1 aromatic heterocycles. The van der Waals surface area contributed by atoms with Gasteiger partial charge in [-0.1, -0.05) is 0 Å². The van der Waals surface area contributed by atoms with Crippen LogP contribution in [0.4, 0.5) is 5.82 Å². The second kappa shape index (κ2) is 6.66. The van der Waals surface area contributed by atoms with E-state index in [9.17, 15) is 14.7 Å². The number of carboxylic acid groups (broad SMARTS) is 1. The molecule has 1 aromatic rings. The predicted octanol–water partition coefficient (Wildman–Crippen LogP) is -4.72. The Morgan fingerprint density at radius 2 is 2.30 bits per heavy atom. The number of aromatic carboxylic acids is 1. The van der Waals surface area contributed by atoms with Crippen LogP contribution < -0.4 is 41.0 Å². The van der Waals surface area contributed by atoms with Gasteiger partial charge in [0.1, 0.15) is 23.7 Å². The fraction of sp³-hybridized carbons (Fsp3) is 0.500. The molecule has 106 valence electrons. The number of aromatic nitrogens is 2. The number of aliphatic hydroxyl groups excluding tert-OH is 2. The van der Waals surface area contributed by atoms with Gasteiger partial charge in [-0.05, 0) is 0 Å². The summed E-state index contributed by atoms with van der Waals surface area (Å²) in [5.41, 5.74) is 4.23. The Morgan fingerprint density at radius 1 is 1.65 bits per heavy atom. The topological polar surface area (TPSA) is 148 Å². The Hall–Kier alpha value is -0.970. The summed E-state index contributed by atoms with van der Waals surface area (Å²) in [6, 6.07) is 0. The van der Waals surface area contributed by atoms with E-state index in [0.717, 1.165) is 10.8 Å². The minimum atomic E-state index is -1.32. The van der Waals surface area contributed by atoms with Gasteiger partial charge in [0.2, 0.25) is 0 Å². The molecular weight excluding hydrogens is 281 g/mol.